The number of methoxy groups -OCH3 is 2. The zero-order chi connectivity index (χ0) is 17.6. The highest BCUT2D eigenvalue weighted by Crippen LogP contribution is 2.25. The molecule has 0 saturated heterocycles. The molecule has 1 aromatic rings. The molecule has 0 bridgehead atoms. The largest absolute Gasteiger partial charge is 0.497 e. The third-order valence-corrected chi connectivity index (χ3v) is 3.43. The van der Waals surface area contributed by atoms with E-state index >= 15 is 0 Å². The van der Waals surface area contributed by atoms with Gasteiger partial charge in [-0.1, -0.05) is 13.3 Å². The minimum Gasteiger partial charge on any atom is -0.497 e. The van der Waals surface area contributed by atoms with Crippen LogP contribution in [0.4, 0.5) is 0 Å². The normalized spacial score (nSPS) is 11.2. The maximum absolute atomic E-state index is 5.55. The van der Waals surface area contributed by atoms with Crippen molar-refractivity contribution in [1.29, 1.82) is 0 Å². The van der Waals surface area contributed by atoms with Crippen LogP contribution in [0.5, 0.6) is 11.5 Å². The Bertz CT molecular complexity index is 492. The van der Waals surface area contributed by atoms with Gasteiger partial charge in [0.1, 0.15) is 11.5 Å². The molecular formula is C18H31N3O3. The van der Waals surface area contributed by atoms with Gasteiger partial charge in [0.15, 0.2) is 5.96 Å². The fourth-order valence-electron chi connectivity index (χ4n) is 2.08. The maximum Gasteiger partial charge on any atom is 0.191 e. The minimum atomic E-state index is 0.527. The number of benzene rings is 1. The van der Waals surface area contributed by atoms with Crippen LogP contribution in [-0.4, -0.2) is 46.5 Å². The Hall–Kier alpha value is -1.95. The maximum atomic E-state index is 5.55. The van der Waals surface area contributed by atoms with E-state index in [-0.39, 0.29) is 0 Å². The summed E-state index contributed by atoms with van der Waals surface area (Å²) in [6, 6.07) is 5.75. The molecule has 6 nitrogen and oxygen atoms in total. The molecule has 1 rings (SSSR count). The van der Waals surface area contributed by atoms with Crippen molar-refractivity contribution < 1.29 is 14.2 Å². The van der Waals surface area contributed by atoms with E-state index in [1.54, 1.807) is 14.2 Å². The average molecular weight is 337 g/mol. The van der Waals surface area contributed by atoms with Gasteiger partial charge < -0.3 is 24.8 Å². The van der Waals surface area contributed by atoms with Crippen LogP contribution in [0.3, 0.4) is 0 Å². The van der Waals surface area contributed by atoms with E-state index in [2.05, 4.69) is 22.5 Å². The van der Waals surface area contributed by atoms with Crippen molar-refractivity contribution in [3.05, 3.63) is 23.8 Å². The lowest BCUT2D eigenvalue weighted by atomic mass is 10.2. The molecule has 0 aliphatic rings. The summed E-state index contributed by atoms with van der Waals surface area (Å²) in [7, 11) is 3.29. The SMILES string of the molecule is CCCCOCCNC(=NCc1ccc(OC)cc1OC)NCC. The topological polar surface area (TPSA) is 64.1 Å². The van der Waals surface area contributed by atoms with Crippen LogP contribution in [0.1, 0.15) is 32.3 Å². The molecule has 0 radical (unpaired) electrons. The molecule has 0 aliphatic heterocycles. The van der Waals surface area contributed by atoms with Gasteiger partial charge in [0.25, 0.3) is 0 Å². The molecule has 0 aliphatic carbocycles. The van der Waals surface area contributed by atoms with E-state index < -0.39 is 0 Å². The lowest BCUT2D eigenvalue weighted by Crippen LogP contribution is -2.39. The molecule has 0 fully saturated rings. The highest BCUT2D eigenvalue weighted by molar-refractivity contribution is 5.79. The first-order valence-electron chi connectivity index (χ1n) is 8.55. The Kier molecular flexibility index (Phi) is 10.4. The Morgan fingerprint density at radius 2 is 1.92 bits per heavy atom. The van der Waals surface area contributed by atoms with Gasteiger partial charge >= 0.3 is 0 Å². The zero-order valence-corrected chi connectivity index (χ0v) is 15.4. The van der Waals surface area contributed by atoms with Gasteiger partial charge in [0, 0.05) is 31.3 Å². The summed E-state index contributed by atoms with van der Waals surface area (Å²) >= 11 is 0. The summed E-state index contributed by atoms with van der Waals surface area (Å²) in [4.78, 5) is 4.60. The number of rotatable bonds is 11. The first kappa shape index (κ1) is 20.1. The van der Waals surface area contributed by atoms with Crippen molar-refractivity contribution in [1.82, 2.24) is 10.6 Å². The van der Waals surface area contributed by atoms with E-state index in [4.69, 9.17) is 14.2 Å². The van der Waals surface area contributed by atoms with Crippen molar-refractivity contribution in [3.8, 4) is 11.5 Å². The van der Waals surface area contributed by atoms with Crippen LogP contribution < -0.4 is 20.1 Å². The predicted molar refractivity (Wildman–Crippen MR) is 98.1 cm³/mol. The van der Waals surface area contributed by atoms with Gasteiger partial charge in [0.2, 0.25) is 0 Å². The van der Waals surface area contributed by atoms with Crippen LogP contribution in [0, 0.1) is 0 Å². The summed E-state index contributed by atoms with van der Waals surface area (Å²) in [5.41, 5.74) is 1.01. The number of guanidine groups is 1. The molecule has 2 N–H and O–H groups in total. The fourth-order valence-corrected chi connectivity index (χ4v) is 2.08. The van der Waals surface area contributed by atoms with Crippen LogP contribution in [0.2, 0.25) is 0 Å². The van der Waals surface area contributed by atoms with E-state index in [0.717, 1.165) is 55.6 Å². The van der Waals surface area contributed by atoms with Gasteiger partial charge in [0.05, 0.1) is 27.4 Å². The highest BCUT2D eigenvalue weighted by Gasteiger charge is 2.05. The van der Waals surface area contributed by atoms with Crippen molar-refractivity contribution in [2.45, 2.75) is 33.2 Å². The number of hydrogen-bond donors (Lipinski definition) is 2. The minimum absolute atomic E-state index is 0.527. The lowest BCUT2D eigenvalue weighted by molar-refractivity contribution is 0.136. The molecule has 0 heterocycles. The monoisotopic (exact) mass is 337 g/mol. The van der Waals surface area contributed by atoms with Gasteiger partial charge in [-0.15, -0.1) is 0 Å². The molecule has 1 aromatic carbocycles. The number of ether oxygens (including phenoxy) is 3. The van der Waals surface area contributed by atoms with Gasteiger partial charge in [-0.05, 0) is 25.5 Å². The van der Waals surface area contributed by atoms with Crippen molar-refractivity contribution in [2.75, 3.05) is 40.5 Å². The summed E-state index contributed by atoms with van der Waals surface area (Å²) in [5.74, 6) is 2.32. The molecule has 6 heteroatoms. The zero-order valence-electron chi connectivity index (χ0n) is 15.4. The molecule has 0 spiro atoms. The summed E-state index contributed by atoms with van der Waals surface area (Å²) in [6.07, 6.45) is 2.26. The first-order valence-corrected chi connectivity index (χ1v) is 8.55. The molecule has 0 atom stereocenters. The molecule has 0 aromatic heterocycles. The van der Waals surface area contributed by atoms with Crippen LogP contribution in [0.25, 0.3) is 0 Å². The quantitative estimate of drug-likeness (QED) is 0.369. The fraction of sp³-hybridized carbons (Fsp3) is 0.611. The third kappa shape index (κ3) is 7.55. The van der Waals surface area contributed by atoms with E-state index in [1.165, 1.54) is 0 Å². The van der Waals surface area contributed by atoms with E-state index in [1.807, 2.05) is 25.1 Å². The summed E-state index contributed by atoms with van der Waals surface area (Å²) < 4.78 is 16.2. The second kappa shape index (κ2) is 12.5. The second-order valence-corrected chi connectivity index (χ2v) is 5.27. The van der Waals surface area contributed by atoms with E-state index in [0.29, 0.717) is 13.2 Å². The molecule has 0 saturated carbocycles. The number of aliphatic imine (C=N–C) groups is 1. The number of nitrogens with one attached hydrogen (secondary N) is 2. The van der Waals surface area contributed by atoms with Gasteiger partial charge in [-0.2, -0.15) is 0 Å². The molecular weight excluding hydrogens is 306 g/mol. The second-order valence-electron chi connectivity index (χ2n) is 5.27. The Balaban J connectivity index is 2.55. The molecule has 24 heavy (non-hydrogen) atoms. The predicted octanol–water partition coefficient (Wildman–Crippen LogP) is 2.58. The van der Waals surface area contributed by atoms with Crippen molar-refractivity contribution in [2.24, 2.45) is 4.99 Å². The van der Waals surface area contributed by atoms with Crippen molar-refractivity contribution in [3.63, 3.8) is 0 Å². The van der Waals surface area contributed by atoms with E-state index in [9.17, 15) is 0 Å². The van der Waals surface area contributed by atoms with Crippen LogP contribution in [0.15, 0.2) is 23.2 Å². The summed E-state index contributed by atoms with van der Waals surface area (Å²) in [6.45, 7) is 7.76. The Morgan fingerprint density at radius 1 is 1.08 bits per heavy atom. The van der Waals surface area contributed by atoms with Crippen LogP contribution >= 0.6 is 0 Å². The Morgan fingerprint density at radius 3 is 2.58 bits per heavy atom. The lowest BCUT2D eigenvalue weighted by Gasteiger charge is -2.13. The Labute approximate surface area is 145 Å². The highest BCUT2D eigenvalue weighted by atomic mass is 16.5. The standard InChI is InChI=1S/C18H31N3O3/c1-5-7-11-24-12-10-20-18(19-6-2)21-14-15-8-9-16(22-3)13-17(15)23-4/h8-9,13H,5-7,10-12,14H2,1-4H3,(H2,19,20,21). The van der Waals surface area contributed by atoms with Crippen LogP contribution in [-0.2, 0) is 11.3 Å². The van der Waals surface area contributed by atoms with Gasteiger partial charge in [-0.3, -0.25) is 0 Å². The molecule has 0 unspecified atom stereocenters. The molecule has 136 valence electrons. The average Bonchev–Trinajstić information content (AvgIpc) is 2.62. The van der Waals surface area contributed by atoms with Crippen molar-refractivity contribution >= 4 is 5.96 Å². The third-order valence-electron chi connectivity index (χ3n) is 3.43. The smallest absolute Gasteiger partial charge is 0.191 e. The number of nitrogens with zero attached hydrogens (tertiary/aromatic N) is 1. The number of hydrogen-bond acceptors (Lipinski definition) is 4. The number of unbranched alkanes of at least 4 members (excludes halogenated alkanes) is 1. The van der Waals surface area contributed by atoms with Gasteiger partial charge in [-0.25, -0.2) is 4.99 Å². The first-order chi connectivity index (χ1) is 11.7. The summed E-state index contributed by atoms with van der Waals surface area (Å²) in [5, 5.41) is 6.51. The molecule has 0 amide bonds.